The third-order valence-corrected chi connectivity index (χ3v) is 5.61. The fourth-order valence-corrected chi connectivity index (χ4v) is 4.41. The second-order valence-corrected chi connectivity index (χ2v) is 7.40. The van der Waals surface area contributed by atoms with Gasteiger partial charge in [0.1, 0.15) is 4.90 Å². The maximum absolute atomic E-state index is 12.2. The SMILES string of the molecule is Cc1ccc2c(c1)CCN(C1=NS(=O)(=O)c3ccccc31)C2. The summed E-state index contributed by atoms with van der Waals surface area (Å²) in [6, 6.07) is 13.5. The van der Waals surface area contributed by atoms with Crippen molar-refractivity contribution in [1.82, 2.24) is 4.90 Å². The fraction of sp³-hybridized carbons (Fsp3) is 0.235. The number of rotatable bonds is 0. The van der Waals surface area contributed by atoms with Gasteiger partial charge in [-0.1, -0.05) is 35.9 Å². The molecule has 2 aromatic carbocycles. The van der Waals surface area contributed by atoms with Crippen molar-refractivity contribution in [1.29, 1.82) is 0 Å². The van der Waals surface area contributed by atoms with Crippen LogP contribution in [0.1, 0.15) is 22.3 Å². The molecule has 0 amide bonds. The van der Waals surface area contributed by atoms with E-state index in [9.17, 15) is 8.42 Å². The minimum atomic E-state index is -3.54. The zero-order valence-electron chi connectivity index (χ0n) is 12.3. The number of benzene rings is 2. The first-order valence-corrected chi connectivity index (χ1v) is 8.76. The summed E-state index contributed by atoms with van der Waals surface area (Å²) in [5.41, 5.74) is 4.59. The van der Waals surface area contributed by atoms with Crippen LogP contribution >= 0.6 is 0 Å². The van der Waals surface area contributed by atoms with E-state index in [1.165, 1.54) is 16.7 Å². The Labute approximate surface area is 130 Å². The smallest absolute Gasteiger partial charge is 0.285 e. The molecule has 0 radical (unpaired) electrons. The molecule has 0 saturated carbocycles. The summed E-state index contributed by atoms with van der Waals surface area (Å²) in [7, 11) is -3.54. The summed E-state index contributed by atoms with van der Waals surface area (Å²) in [5, 5.41) is 0. The average Bonchev–Trinajstić information content (AvgIpc) is 2.79. The van der Waals surface area contributed by atoms with Gasteiger partial charge in [-0.25, -0.2) is 0 Å². The Balaban J connectivity index is 1.74. The molecule has 0 atom stereocenters. The van der Waals surface area contributed by atoms with Gasteiger partial charge in [0.05, 0.1) is 0 Å². The molecule has 0 aromatic heterocycles. The van der Waals surface area contributed by atoms with Gasteiger partial charge in [0, 0.05) is 18.7 Å². The normalized spacial score (nSPS) is 18.6. The topological polar surface area (TPSA) is 49.7 Å². The summed E-state index contributed by atoms with van der Waals surface area (Å²) in [6.45, 7) is 3.59. The monoisotopic (exact) mass is 312 g/mol. The van der Waals surface area contributed by atoms with Gasteiger partial charge in [-0.15, -0.1) is 4.40 Å². The molecule has 2 aliphatic heterocycles. The van der Waals surface area contributed by atoms with Gasteiger partial charge in [0.15, 0.2) is 5.84 Å². The Morgan fingerprint density at radius 1 is 1.09 bits per heavy atom. The first kappa shape index (κ1) is 13.5. The number of hydrogen-bond donors (Lipinski definition) is 0. The number of aryl methyl sites for hydroxylation is 1. The lowest BCUT2D eigenvalue weighted by Gasteiger charge is -2.30. The number of amidine groups is 1. The van der Waals surface area contributed by atoms with Gasteiger partial charge in [-0.3, -0.25) is 0 Å². The molecule has 0 saturated heterocycles. The minimum absolute atomic E-state index is 0.319. The van der Waals surface area contributed by atoms with Crippen molar-refractivity contribution in [3.8, 4) is 0 Å². The molecule has 2 heterocycles. The van der Waals surface area contributed by atoms with Crippen molar-refractivity contribution in [2.45, 2.75) is 24.8 Å². The predicted molar refractivity (Wildman–Crippen MR) is 85.5 cm³/mol. The largest absolute Gasteiger partial charge is 0.351 e. The zero-order chi connectivity index (χ0) is 15.3. The van der Waals surface area contributed by atoms with E-state index in [0.29, 0.717) is 17.3 Å². The molecule has 0 spiro atoms. The van der Waals surface area contributed by atoms with E-state index in [4.69, 9.17) is 0 Å². The van der Waals surface area contributed by atoms with Crippen LogP contribution < -0.4 is 0 Å². The summed E-state index contributed by atoms with van der Waals surface area (Å²) in [6.07, 6.45) is 0.915. The van der Waals surface area contributed by atoms with E-state index in [2.05, 4.69) is 34.4 Å². The number of nitrogens with zero attached hydrogens (tertiary/aromatic N) is 2. The highest BCUT2D eigenvalue weighted by molar-refractivity contribution is 7.90. The highest BCUT2D eigenvalue weighted by Crippen LogP contribution is 2.30. The quantitative estimate of drug-likeness (QED) is 0.751. The lowest BCUT2D eigenvalue weighted by Crippen LogP contribution is -2.35. The van der Waals surface area contributed by atoms with Crippen molar-refractivity contribution in [2.75, 3.05) is 6.54 Å². The van der Waals surface area contributed by atoms with E-state index in [1.54, 1.807) is 12.1 Å². The van der Waals surface area contributed by atoms with Crippen LogP contribution in [0.25, 0.3) is 0 Å². The summed E-state index contributed by atoms with van der Waals surface area (Å²) in [5.74, 6) is 0.585. The van der Waals surface area contributed by atoms with Crippen molar-refractivity contribution >= 4 is 15.9 Å². The number of hydrogen-bond acceptors (Lipinski definition) is 3. The van der Waals surface area contributed by atoms with Crippen LogP contribution in [-0.2, 0) is 23.0 Å². The Morgan fingerprint density at radius 3 is 2.77 bits per heavy atom. The Bertz CT molecular complexity index is 901. The first-order valence-electron chi connectivity index (χ1n) is 7.32. The summed E-state index contributed by atoms with van der Waals surface area (Å²) >= 11 is 0. The minimum Gasteiger partial charge on any atom is -0.351 e. The lowest BCUT2D eigenvalue weighted by atomic mass is 9.97. The molecule has 0 bridgehead atoms. The molecular formula is C17H16N2O2S. The van der Waals surface area contributed by atoms with Gasteiger partial charge in [-0.05, 0) is 36.6 Å². The Hall–Kier alpha value is -2.14. The molecule has 112 valence electrons. The first-order chi connectivity index (χ1) is 10.5. The molecule has 0 unspecified atom stereocenters. The number of sulfonamides is 1. The lowest BCUT2D eigenvalue weighted by molar-refractivity contribution is 0.395. The van der Waals surface area contributed by atoms with E-state index >= 15 is 0 Å². The maximum atomic E-state index is 12.2. The highest BCUT2D eigenvalue weighted by atomic mass is 32.2. The van der Waals surface area contributed by atoms with Crippen LogP contribution in [0.3, 0.4) is 0 Å². The Morgan fingerprint density at radius 2 is 1.91 bits per heavy atom. The maximum Gasteiger partial charge on any atom is 0.285 e. The van der Waals surface area contributed by atoms with Crippen LogP contribution in [0.2, 0.25) is 0 Å². The average molecular weight is 312 g/mol. The van der Waals surface area contributed by atoms with Crippen LogP contribution in [0, 0.1) is 6.92 Å². The fourth-order valence-electron chi connectivity index (χ4n) is 3.18. The van der Waals surface area contributed by atoms with Gasteiger partial charge in [-0.2, -0.15) is 8.42 Å². The molecule has 2 aromatic rings. The van der Waals surface area contributed by atoms with Gasteiger partial charge in [0.25, 0.3) is 10.0 Å². The van der Waals surface area contributed by atoms with Gasteiger partial charge in [0.2, 0.25) is 0 Å². The molecular weight excluding hydrogens is 296 g/mol. The van der Waals surface area contributed by atoms with Crippen LogP contribution in [0.15, 0.2) is 51.8 Å². The van der Waals surface area contributed by atoms with Gasteiger partial charge >= 0.3 is 0 Å². The third kappa shape index (κ3) is 2.04. The second-order valence-electron chi connectivity index (χ2n) is 5.83. The standard InChI is InChI=1S/C17H16N2O2S/c1-12-6-7-14-11-19(9-8-13(14)10-12)17-15-4-2-3-5-16(15)22(20,21)18-17/h2-7,10H,8-9,11H2,1H3. The molecule has 0 fully saturated rings. The number of fused-ring (bicyclic) bond motifs is 2. The molecule has 0 aliphatic carbocycles. The zero-order valence-corrected chi connectivity index (χ0v) is 13.1. The third-order valence-electron chi connectivity index (χ3n) is 4.29. The van der Waals surface area contributed by atoms with Crippen molar-refractivity contribution < 1.29 is 8.42 Å². The second kappa shape index (κ2) is 4.68. The highest BCUT2D eigenvalue weighted by Gasteiger charge is 2.32. The molecule has 5 heteroatoms. The molecule has 4 nitrogen and oxygen atoms in total. The molecule has 2 aliphatic rings. The van der Waals surface area contributed by atoms with Crippen LogP contribution in [0.4, 0.5) is 0 Å². The van der Waals surface area contributed by atoms with Crippen LogP contribution in [0.5, 0.6) is 0 Å². The van der Waals surface area contributed by atoms with E-state index < -0.39 is 10.0 Å². The van der Waals surface area contributed by atoms with Crippen molar-refractivity contribution in [3.05, 3.63) is 64.7 Å². The van der Waals surface area contributed by atoms with Crippen molar-refractivity contribution in [3.63, 3.8) is 0 Å². The van der Waals surface area contributed by atoms with Gasteiger partial charge < -0.3 is 4.90 Å². The molecule has 4 rings (SSSR count). The van der Waals surface area contributed by atoms with E-state index in [0.717, 1.165) is 18.5 Å². The van der Waals surface area contributed by atoms with E-state index in [-0.39, 0.29) is 0 Å². The molecule has 0 N–H and O–H groups in total. The van der Waals surface area contributed by atoms with Crippen molar-refractivity contribution in [2.24, 2.45) is 4.40 Å². The predicted octanol–water partition coefficient (Wildman–Crippen LogP) is 2.50. The van der Waals surface area contributed by atoms with E-state index in [1.807, 2.05) is 12.1 Å². The summed E-state index contributed by atoms with van der Waals surface area (Å²) < 4.78 is 28.4. The van der Waals surface area contributed by atoms with Crippen LogP contribution in [-0.4, -0.2) is 25.7 Å². The molecule has 22 heavy (non-hydrogen) atoms. The summed E-state index contributed by atoms with van der Waals surface area (Å²) in [4.78, 5) is 2.39. The Kier molecular flexibility index (Phi) is 2.87.